The summed E-state index contributed by atoms with van der Waals surface area (Å²) in [7, 11) is 0. The number of aromatic nitrogens is 2. The Morgan fingerprint density at radius 3 is 2.67 bits per heavy atom. The van der Waals surface area contributed by atoms with E-state index < -0.39 is 0 Å². The highest BCUT2D eigenvalue weighted by Crippen LogP contribution is 2.24. The first-order valence-electron chi connectivity index (χ1n) is 8.13. The van der Waals surface area contributed by atoms with Crippen molar-refractivity contribution in [2.24, 2.45) is 10.1 Å². The quantitative estimate of drug-likeness (QED) is 0.403. The molecule has 0 bridgehead atoms. The van der Waals surface area contributed by atoms with Crippen LogP contribution in [0.15, 0.2) is 86.8 Å². The largest absolute Gasteiger partial charge is 0.360 e. The lowest BCUT2D eigenvalue weighted by Crippen LogP contribution is -2.11. The Morgan fingerprint density at radius 1 is 1.07 bits per heavy atom. The second-order valence-electron chi connectivity index (χ2n) is 5.68. The standard InChI is InChI=1S/C20H14BrFN4S/c21-15-4-1-3-14(11-15)19-13-27-20(25-17-8-6-16(22)7-9-17)26(19)24-12-18-5-2-10-23-18/h1-13,23H. The number of nitrogens with one attached hydrogen (secondary N) is 1. The maximum absolute atomic E-state index is 13.2. The minimum absolute atomic E-state index is 0.285. The summed E-state index contributed by atoms with van der Waals surface area (Å²) >= 11 is 4.99. The van der Waals surface area contributed by atoms with Gasteiger partial charge >= 0.3 is 0 Å². The van der Waals surface area contributed by atoms with Crippen LogP contribution < -0.4 is 4.80 Å². The highest BCUT2D eigenvalue weighted by atomic mass is 79.9. The number of hydrogen-bond donors (Lipinski definition) is 1. The van der Waals surface area contributed by atoms with E-state index in [4.69, 9.17) is 0 Å². The molecule has 0 aliphatic rings. The van der Waals surface area contributed by atoms with Gasteiger partial charge in [-0.25, -0.2) is 14.1 Å². The number of aromatic amines is 1. The van der Waals surface area contributed by atoms with E-state index in [-0.39, 0.29) is 5.82 Å². The van der Waals surface area contributed by atoms with E-state index in [1.807, 2.05) is 48.0 Å². The molecular weight excluding hydrogens is 427 g/mol. The van der Waals surface area contributed by atoms with Crippen LogP contribution in [0.1, 0.15) is 5.69 Å². The smallest absolute Gasteiger partial charge is 0.211 e. The number of nitrogens with zero attached hydrogens (tertiary/aromatic N) is 3. The first-order valence-corrected chi connectivity index (χ1v) is 9.81. The third kappa shape index (κ3) is 4.15. The van der Waals surface area contributed by atoms with Gasteiger partial charge in [-0.05, 0) is 48.5 Å². The zero-order chi connectivity index (χ0) is 18.6. The van der Waals surface area contributed by atoms with Crippen molar-refractivity contribution in [3.8, 4) is 11.3 Å². The Hall–Kier alpha value is -2.77. The van der Waals surface area contributed by atoms with Gasteiger partial charge in [-0.2, -0.15) is 5.10 Å². The summed E-state index contributed by atoms with van der Waals surface area (Å²) in [6.07, 6.45) is 3.59. The van der Waals surface area contributed by atoms with Gasteiger partial charge in [-0.15, -0.1) is 11.3 Å². The number of halogens is 2. The van der Waals surface area contributed by atoms with Crippen LogP contribution in [0, 0.1) is 5.82 Å². The molecule has 2 aromatic heterocycles. The molecule has 0 atom stereocenters. The number of thiazole rings is 1. The Bertz CT molecular complexity index is 1140. The molecule has 2 heterocycles. The maximum atomic E-state index is 13.2. The van der Waals surface area contributed by atoms with Gasteiger partial charge < -0.3 is 4.98 Å². The predicted octanol–water partition coefficient (Wildman–Crippen LogP) is 5.56. The molecule has 4 nitrogen and oxygen atoms in total. The average molecular weight is 441 g/mol. The van der Waals surface area contributed by atoms with Crippen LogP contribution in [0.25, 0.3) is 11.3 Å². The molecule has 0 aliphatic heterocycles. The molecule has 0 saturated carbocycles. The van der Waals surface area contributed by atoms with E-state index >= 15 is 0 Å². The molecule has 134 valence electrons. The van der Waals surface area contributed by atoms with Crippen molar-refractivity contribution in [3.05, 3.63) is 93.0 Å². The molecule has 1 N–H and O–H groups in total. The molecule has 4 aromatic rings. The van der Waals surface area contributed by atoms with Gasteiger partial charge in [-0.1, -0.05) is 28.1 Å². The van der Waals surface area contributed by atoms with Gasteiger partial charge in [0.05, 0.1) is 23.3 Å². The fourth-order valence-corrected chi connectivity index (χ4v) is 3.76. The summed E-state index contributed by atoms with van der Waals surface area (Å²) in [6, 6.07) is 17.9. The summed E-state index contributed by atoms with van der Waals surface area (Å²) in [6.45, 7) is 0. The van der Waals surface area contributed by atoms with Gasteiger partial charge in [0.15, 0.2) is 0 Å². The van der Waals surface area contributed by atoms with Gasteiger partial charge in [-0.3, -0.25) is 0 Å². The molecule has 0 radical (unpaired) electrons. The lowest BCUT2D eigenvalue weighted by Gasteiger charge is -2.04. The SMILES string of the molecule is Fc1ccc(N=c2scc(-c3cccc(Br)c3)n2N=Cc2ccc[nH]2)cc1. The molecule has 0 spiro atoms. The highest BCUT2D eigenvalue weighted by Gasteiger charge is 2.08. The second kappa shape index (κ2) is 7.85. The Kier molecular flexibility index (Phi) is 5.13. The zero-order valence-corrected chi connectivity index (χ0v) is 16.4. The number of benzene rings is 2. The Labute approximate surface area is 167 Å². The molecule has 0 amide bonds. The van der Waals surface area contributed by atoms with Crippen LogP contribution >= 0.6 is 27.3 Å². The van der Waals surface area contributed by atoms with Gasteiger partial charge in [0, 0.05) is 21.6 Å². The molecule has 0 saturated heterocycles. The maximum Gasteiger partial charge on any atom is 0.211 e. The molecule has 0 fully saturated rings. The van der Waals surface area contributed by atoms with Crippen molar-refractivity contribution >= 4 is 39.2 Å². The second-order valence-corrected chi connectivity index (χ2v) is 7.44. The number of hydrogen-bond acceptors (Lipinski definition) is 3. The van der Waals surface area contributed by atoms with E-state index in [0.717, 1.165) is 21.4 Å². The van der Waals surface area contributed by atoms with E-state index in [1.165, 1.54) is 23.5 Å². The van der Waals surface area contributed by atoms with Crippen LogP contribution in [0.2, 0.25) is 0 Å². The zero-order valence-electron chi connectivity index (χ0n) is 14.0. The predicted molar refractivity (Wildman–Crippen MR) is 111 cm³/mol. The molecule has 7 heteroatoms. The van der Waals surface area contributed by atoms with Crippen molar-refractivity contribution < 1.29 is 4.39 Å². The molecule has 2 aromatic carbocycles. The van der Waals surface area contributed by atoms with Crippen LogP contribution in [0.3, 0.4) is 0 Å². The van der Waals surface area contributed by atoms with Crippen LogP contribution in [-0.2, 0) is 0 Å². The first-order chi connectivity index (χ1) is 13.2. The third-order valence-electron chi connectivity index (χ3n) is 3.79. The average Bonchev–Trinajstić information content (AvgIpc) is 3.32. The van der Waals surface area contributed by atoms with E-state index in [1.54, 1.807) is 23.0 Å². The molecule has 4 rings (SSSR count). The Morgan fingerprint density at radius 2 is 1.93 bits per heavy atom. The third-order valence-corrected chi connectivity index (χ3v) is 5.10. The minimum atomic E-state index is -0.285. The van der Waals surface area contributed by atoms with Crippen molar-refractivity contribution in [1.29, 1.82) is 0 Å². The Balaban J connectivity index is 1.85. The van der Waals surface area contributed by atoms with Gasteiger partial charge in [0.25, 0.3) is 0 Å². The van der Waals surface area contributed by atoms with E-state index in [0.29, 0.717) is 10.5 Å². The summed E-state index contributed by atoms with van der Waals surface area (Å²) in [5, 5.41) is 6.63. The number of rotatable bonds is 4. The lowest BCUT2D eigenvalue weighted by atomic mass is 10.2. The lowest BCUT2D eigenvalue weighted by molar-refractivity contribution is 0.628. The van der Waals surface area contributed by atoms with E-state index in [9.17, 15) is 4.39 Å². The van der Waals surface area contributed by atoms with Gasteiger partial charge in [0.1, 0.15) is 5.82 Å². The normalized spacial score (nSPS) is 12.1. The van der Waals surface area contributed by atoms with Crippen LogP contribution in [0.4, 0.5) is 10.1 Å². The molecule has 27 heavy (non-hydrogen) atoms. The van der Waals surface area contributed by atoms with Crippen molar-refractivity contribution in [3.63, 3.8) is 0 Å². The highest BCUT2D eigenvalue weighted by molar-refractivity contribution is 9.10. The van der Waals surface area contributed by atoms with Crippen molar-refractivity contribution in [1.82, 2.24) is 9.66 Å². The molecule has 0 unspecified atom stereocenters. The first kappa shape index (κ1) is 17.6. The molecular formula is C20H14BrFN4S. The summed E-state index contributed by atoms with van der Waals surface area (Å²) < 4.78 is 15.9. The van der Waals surface area contributed by atoms with Crippen molar-refractivity contribution in [2.75, 3.05) is 0 Å². The monoisotopic (exact) mass is 440 g/mol. The topological polar surface area (TPSA) is 45.4 Å². The van der Waals surface area contributed by atoms with E-state index in [2.05, 4.69) is 31.0 Å². The fraction of sp³-hybridized carbons (Fsp3) is 0. The van der Waals surface area contributed by atoms with Gasteiger partial charge in [0.2, 0.25) is 4.80 Å². The summed E-state index contributed by atoms with van der Waals surface area (Å²) in [5.41, 5.74) is 3.50. The minimum Gasteiger partial charge on any atom is -0.360 e. The van der Waals surface area contributed by atoms with Crippen molar-refractivity contribution in [2.45, 2.75) is 0 Å². The van der Waals surface area contributed by atoms with Crippen LogP contribution in [-0.4, -0.2) is 15.9 Å². The molecule has 0 aliphatic carbocycles. The fourth-order valence-electron chi connectivity index (χ4n) is 2.51. The summed E-state index contributed by atoms with van der Waals surface area (Å²) in [5.74, 6) is -0.285. The van der Waals surface area contributed by atoms with Crippen LogP contribution in [0.5, 0.6) is 0 Å². The summed E-state index contributed by atoms with van der Waals surface area (Å²) in [4.78, 5) is 8.43. The number of H-pyrrole nitrogens is 1.